The molecule has 3 aliphatic rings. The van der Waals surface area contributed by atoms with Gasteiger partial charge in [-0.3, -0.25) is 4.62 Å². The Morgan fingerprint density at radius 3 is 3.00 bits per heavy atom. The van der Waals surface area contributed by atoms with E-state index in [2.05, 4.69) is 15.9 Å². The average Bonchev–Trinajstić information content (AvgIpc) is 2.59. The first-order valence-electron chi connectivity index (χ1n) is 4.31. The van der Waals surface area contributed by atoms with Gasteiger partial charge < -0.3 is 9.05 Å². The lowest BCUT2D eigenvalue weighted by molar-refractivity contribution is 0.259. The van der Waals surface area contributed by atoms with Crippen molar-refractivity contribution in [3.05, 3.63) is 21.6 Å². The van der Waals surface area contributed by atoms with Crippen LogP contribution < -0.4 is 13.7 Å². The molecule has 16 heavy (non-hydrogen) atoms. The summed E-state index contributed by atoms with van der Waals surface area (Å²) in [5.74, 6) is 0.623. The second-order valence-corrected chi connectivity index (χ2v) is 6.05. The third-order valence-corrected chi connectivity index (χ3v) is 4.62. The zero-order valence-electron chi connectivity index (χ0n) is 7.44. The summed E-state index contributed by atoms with van der Waals surface area (Å²) in [6, 6.07) is 3.56. The van der Waals surface area contributed by atoms with Crippen LogP contribution in [0.4, 0.5) is 0 Å². The lowest BCUT2D eigenvalue weighted by Gasteiger charge is -2.07. The molecule has 1 atom stereocenters. The second kappa shape index (κ2) is 2.53. The van der Waals surface area contributed by atoms with Crippen molar-refractivity contribution >= 4 is 46.3 Å². The second-order valence-electron chi connectivity index (χ2n) is 3.40. The first kappa shape index (κ1) is 9.22. The van der Waals surface area contributed by atoms with Gasteiger partial charge >= 0.3 is 7.82 Å². The third-order valence-electron chi connectivity index (χ3n) is 2.48. The number of phosphoric ester groups is 1. The Morgan fingerprint density at radius 1 is 1.38 bits per heavy atom. The fraction of sp³-hybridized carbons (Fsp3) is 0. The Labute approximate surface area is 103 Å². The Kier molecular flexibility index (Phi) is 1.45. The molecule has 0 radical (unpaired) electrons. The molecule has 0 amide bonds. The number of hydrogen-bond acceptors (Lipinski definition) is 4. The molecule has 6 bridgehead atoms. The summed E-state index contributed by atoms with van der Waals surface area (Å²) in [7, 11) is -3.61. The maximum absolute atomic E-state index is 12.0. The minimum Gasteiger partial charge on any atom is -0.383 e. The van der Waals surface area contributed by atoms with Crippen LogP contribution in [-0.4, -0.2) is 4.73 Å². The van der Waals surface area contributed by atoms with E-state index in [1.165, 1.54) is 4.73 Å². The Morgan fingerprint density at radius 2 is 2.19 bits per heavy atom. The van der Waals surface area contributed by atoms with Crippen LogP contribution in [0.15, 0.2) is 16.6 Å². The highest BCUT2D eigenvalue weighted by Crippen LogP contribution is 2.62. The summed E-state index contributed by atoms with van der Waals surface area (Å²) in [4.78, 5) is 0. The van der Waals surface area contributed by atoms with Gasteiger partial charge in [-0.1, -0.05) is 11.6 Å². The van der Waals surface area contributed by atoms with Crippen LogP contribution in [0.3, 0.4) is 0 Å². The van der Waals surface area contributed by atoms with Gasteiger partial charge in [0.05, 0.1) is 15.4 Å². The van der Waals surface area contributed by atoms with Crippen LogP contribution in [-0.2, 0) is 4.57 Å². The summed E-state index contributed by atoms with van der Waals surface area (Å²) < 4.78 is 29.5. The molecule has 0 fully saturated rings. The molecule has 82 valence electrons. The molecule has 5 nitrogen and oxygen atoms in total. The lowest BCUT2D eigenvalue weighted by atomic mass is 10.2. The van der Waals surface area contributed by atoms with Crippen molar-refractivity contribution < 1.29 is 18.2 Å². The highest BCUT2D eigenvalue weighted by Gasteiger charge is 2.49. The maximum atomic E-state index is 12.0. The van der Waals surface area contributed by atoms with E-state index >= 15 is 0 Å². The van der Waals surface area contributed by atoms with E-state index < -0.39 is 7.82 Å². The van der Waals surface area contributed by atoms with E-state index in [-0.39, 0.29) is 5.88 Å². The van der Waals surface area contributed by atoms with Crippen LogP contribution in [0.5, 0.6) is 11.6 Å². The molecular weight excluding hydrogens is 320 g/mol. The summed E-state index contributed by atoms with van der Waals surface area (Å²) >= 11 is 9.43. The molecule has 5 rings (SSSR count). The summed E-state index contributed by atoms with van der Waals surface area (Å²) in [6.45, 7) is 0. The number of aromatic nitrogens is 1. The number of phosphoric acid groups is 1. The van der Waals surface area contributed by atoms with Crippen molar-refractivity contribution in [2.24, 2.45) is 0 Å². The van der Waals surface area contributed by atoms with Crippen molar-refractivity contribution in [1.82, 2.24) is 4.73 Å². The SMILES string of the molecule is O=P12Oc3c(Br)ccc4c3c(Cl)c(n4O1)O2. The van der Waals surface area contributed by atoms with E-state index in [1.54, 1.807) is 12.1 Å². The highest BCUT2D eigenvalue weighted by molar-refractivity contribution is 9.10. The van der Waals surface area contributed by atoms with Crippen LogP contribution >= 0.6 is 35.4 Å². The molecule has 2 aromatic rings. The van der Waals surface area contributed by atoms with Crippen LogP contribution in [0.2, 0.25) is 5.02 Å². The van der Waals surface area contributed by atoms with E-state index in [9.17, 15) is 4.57 Å². The quantitative estimate of drug-likeness (QED) is 0.698. The predicted octanol–water partition coefficient (Wildman–Crippen LogP) is 3.38. The van der Waals surface area contributed by atoms with Gasteiger partial charge in [0.1, 0.15) is 5.02 Å². The van der Waals surface area contributed by atoms with Gasteiger partial charge in [0.15, 0.2) is 5.75 Å². The minimum atomic E-state index is -3.61. The van der Waals surface area contributed by atoms with Crippen molar-refractivity contribution in [3.63, 3.8) is 0 Å². The van der Waals surface area contributed by atoms with Gasteiger partial charge in [-0.05, 0) is 28.1 Å². The van der Waals surface area contributed by atoms with E-state index in [0.717, 1.165) is 0 Å². The monoisotopic (exact) mass is 321 g/mol. The van der Waals surface area contributed by atoms with Crippen molar-refractivity contribution in [1.29, 1.82) is 0 Å². The molecular formula is C8H2BrClNO4P. The summed E-state index contributed by atoms with van der Waals surface area (Å²) in [5.41, 5.74) is 0.674. The van der Waals surface area contributed by atoms with E-state index in [1.807, 2.05) is 0 Å². The topological polar surface area (TPSA) is 49.7 Å². The number of benzene rings is 1. The largest absolute Gasteiger partial charge is 0.668 e. The summed E-state index contributed by atoms with van der Waals surface area (Å²) in [6.07, 6.45) is 0. The van der Waals surface area contributed by atoms with E-state index in [4.69, 9.17) is 25.3 Å². The number of hydrogen-bond donors (Lipinski definition) is 0. The van der Waals surface area contributed by atoms with Gasteiger partial charge in [-0.2, -0.15) is 4.57 Å². The Hall–Kier alpha value is -0.840. The zero-order chi connectivity index (χ0) is 11.1. The fourth-order valence-corrected chi connectivity index (χ4v) is 4.00. The predicted molar refractivity (Wildman–Crippen MR) is 60.1 cm³/mol. The molecule has 3 aliphatic heterocycles. The Bertz CT molecular complexity index is 712. The van der Waals surface area contributed by atoms with Gasteiger partial charge in [-0.25, -0.2) is 0 Å². The Balaban J connectivity index is 2.33. The van der Waals surface area contributed by atoms with Crippen molar-refractivity contribution in [2.75, 3.05) is 0 Å². The van der Waals surface area contributed by atoms with Gasteiger partial charge in [-0.15, -0.1) is 4.73 Å². The van der Waals surface area contributed by atoms with Gasteiger partial charge in [0, 0.05) is 0 Å². The van der Waals surface area contributed by atoms with Crippen molar-refractivity contribution in [2.45, 2.75) is 0 Å². The normalized spacial score (nSPS) is 24.4. The highest BCUT2D eigenvalue weighted by atomic mass is 79.9. The first-order chi connectivity index (χ1) is 7.59. The van der Waals surface area contributed by atoms with Crippen LogP contribution in [0.25, 0.3) is 10.9 Å². The zero-order valence-corrected chi connectivity index (χ0v) is 10.7. The van der Waals surface area contributed by atoms with Gasteiger partial charge in [0.25, 0.3) is 5.88 Å². The van der Waals surface area contributed by atoms with E-state index in [0.29, 0.717) is 26.1 Å². The van der Waals surface area contributed by atoms with Crippen molar-refractivity contribution in [3.8, 4) is 11.6 Å². The van der Waals surface area contributed by atoms with Gasteiger partial charge in [0.2, 0.25) is 0 Å². The fourth-order valence-electron chi connectivity index (χ4n) is 1.85. The molecule has 0 saturated carbocycles. The molecule has 0 aliphatic carbocycles. The molecule has 8 heteroatoms. The molecule has 4 heterocycles. The molecule has 1 aromatic carbocycles. The van der Waals surface area contributed by atoms with Crippen LogP contribution in [0.1, 0.15) is 0 Å². The number of rotatable bonds is 0. The first-order valence-corrected chi connectivity index (χ1v) is 6.94. The lowest BCUT2D eigenvalue weighted by Crippen LogP contribution is -2.03. The standard InChI is InChI=1S/C8H2BrClNO4P/c9-3-1-2-4-5-6(10)8-11(4)15-16(12,14-8)13-7(3)5/h1-2H. The molecule has 0 N–H and O–H groups in total. The molecule has 1 aromatic heterocycles. The maximum Gasteiger partial charge on any atom is 0.668 e. The molecule has 0 saturated heterocycles. The minimum absolute atomic E-state index is 0.233. The van der Waals surface area contributed by atoms with Crippen LogP contribution in [0, 0.1) is 0 Å². The smallest absolute Gasteiger partial charge is 0.383 e. The number of nitrogens with zero attached hydrogens (tertiary/aromatic N) is 1. The third kappa shape index (κ3) is 0.875. The summed E-state index contributed by atoms with van der Waals surface area (Å²) in [5, 5.41) is 0.989. The molecule has 1 unspecified atom stereocenters. The average molecular weight is 322 g/mol. The number of halogens is 2. The molecule has 0 spiro atoms.